The Kier molecular flexibility index (Phi) is 6.51. The fraction of sp³-hybridized carbons (Fsp3) is 0.300. The molecule has 0 bridgehead atoms. The van der Waals surface area contributed by atoms with Crippen LogP contribution < -0.4 is 10.1 Å². The van der Waals surface area contributed by atoms with Crippen molar-refractivity contribution in [2.75, 3.05) is 26.0 Å². The summed E-state index contributed by atoms with van der Waals surface area (Å²) in [6.45, 7) is 2.47. The van der Waals surface area contributed by atoms with Crippen molar-refractivity contribution < 1.29 is 17.9 Å². The zero-order valence-corrected chi connectivity index (χ0v) is 18.1. The molecular formula is C20H23N3O4S2. The molecule has 1 N–H and O–H groups in total. The Labute approximate surface area is 174 Å². The molecule has 3 aromatic rings. The van der Waals surface area contributed by atoms with E-state index in [1.165, 1.54) is 39.9 Å². The van der Waals surface area contributed by atoms with E-state index in [-0.39, 0.29) is 10.8 Å². The van der Waals surface area contributed by atoms with E-state index in [9.17, 15) is 13.2 Å². The summed E-state index contributed by atoms with van der Waals surface area (Å²) < 4.78 is 32.7. The van der Waals surface area contributed by atoms with Crippen molar-refractivity contribution in [2.45, 2.75) is 24.7 Å². The Morgan fingerprint density at radius 2 is 1.93 bits per heavy atom. The SMILES string of the molecule is CCCCN(C)S(=O)(=O)c1ccc(C(=O)Nc2nc3c(OC)cccc3s2)cc1. The number of aromatic nitrogens is 1. The number of unbranched alkanes of at least 4 members (excludes halogenated alkanes) is 1. The van der Waals surface area contributed by atoms with Gasteiger partial charge in [-0.2, -0.15) is 0 Å². The van der Waals surface area contributed by atoms with Crippen LogP contribution in [0.4, 0.5) is 5.13 Å². The highest BCUT2D eigenvalue weighted by Crippen LogP contribution is 2.32. The number of para-hydroxylation sites is 1. The van der Waals surface area contributed by atoms with Gasteiger partial charge in [-0.25, -0.2) is 17.7 Å². The van der Waals surface area contributed by atoms with Crippen molar-refractivity contribution in [3.63, 3.8) is 0 Å². The Balaban J connectivity index is 1.75. The third-order valence-electron chi connectivity index (χ3n) is 4.47. The molecule has 9 heteroatoms. The Bertz CT molecular complexity index is 1110. The minimum Gasteiger partial charge on any atom is -0.494 e. The standard InChI is InChI=1S/C20H23N3O4S2/c1-4-5-13-23(2)29(25,26)15-11-9-14(10-12-15)19(24)22-20-21-18-16(27-3)7-6-8-17(18)28-20/h6-12H,4-5,13H2,1-3H3,(H,21,22,24). The second-order valence-electron chi connectivity index (χ2n) is 6.48. The first-order valence-electron chi connectivity index (χ1n) is 9.18. The number of sulfonamides is 1. The van der Waals surface area contributed by atoms with Gasteiger partial charge in [0.2, 0.25) is 10.0 Å². The summed E-state index contributed by atoms with van der Waals surface area (Å²) in [5.74, 6) is 0.285. The molecule has 0 unspecified atom stereocenters. The van der Waals surface area contributed by atoms with E-state index in [1.54, 1.807) is 14.2 Å². The second kappa shape index (κ2) is 8.89. The molecule has 7 nitrogen and oxygen atoms in total. The largest absolute Gasteiger partial charge is 0.494 e. The van der Waals surface area contributed by atoms with Crippen LogP contribution >= 0.6 is 11.3 Å². The lowest BCUT2D eigenvalue weighted by Gasteiger charge is -2.16. The number of amides is 1. The van der Waals surface area contributed by atoms with E-state index >= 15 is 0 Å². The van der Waals surface area contributed by atoms with E-state index in [1.807, 2.05) is 25.1 Å². The predicted octanol–water partition coefficient (Wildman–Crippen LogP) is 3.98. The van der Waals surface area contributed by atoms with Gasteiger partial charge in [0.1, 0.15) is 11.3 Å². The van der Waals surface area contributed by atoms with E-state index in [4.69, 9.17) is 4.74 Å². The van der Waals surface area contributed by atoms with Crippen LogP contribution in [0, 0.1) is 0 Å². The first-order valence-corrected chi connectivity index (χ1v) is 11.4. The third-order valence-corrected chi connectivity index (χ3v) is 7.28. The average Bonchev–Trinajstić information content (AvgIpc) is 3.14. The summed E-state index contributed by atoms with van der Waals surface area (Å²) in [7, 11) is -0.427. The number of thiazole rings is 1. The second-order valence-corrected chi connectivity index (χ2v) is 9.56. The maximum Gasteiger partial charge on any atom is 0.257 e. The van der Waals surface area contributed by atoms with E-state index in [2.05, 4.69) is 10.3 Å². The molecule has 0 aliphatic carbocycles. The topological polar surface area (TPSA) is 88.6 Å². The van der Waals surface area contributed by atoms with Crippen molar-refractivity contribution in [3.8, 4) is 5.75 Å². The van der Waals surface area contributed by atoms with Crippen molar-refractivity contribution in [3.05, 3.63) is 48.0 Å². The van der Waals surface area contributed by atoms with Gasteiger partial charge in [0.05, 0.1) is 16.7 Å². The van der Waals surface area contributed by atoms with Gasteiger partial charge < -0.3 is 4.74 Å². The number of carbonyl (C=O) groups excluding carboxylic acids is 1. The quantitative estimate of drug-likeness (QED) is 0.580. The number of anilines is 1. The highest BCUT2D eigenvalue weighted by molar-refractivity contribution is 7.89. The van der Waals surface area contributed by atoms with Crippen LogP contribution in [0.5, 0.6) is 5.75 Å². The molecule has 29 heavy (non-hydrogen) atoms. The lowest BCUT2D eigenvalue weighted by Crippen LogP contribution is -2.28. The summed E-state index contributed by atoms with van der Waals surface area (Å²) in [6.07, 6.45) is 1.71. The molecule has 1 aromatic heterocycles. The molecular weight excluding hydrogens is 410 g/mol. The molecule has 154 valence electrons. The third kappa shape index (κ3) is 4.58. The van der Waals surface area contributed by atoms with E-state index in [0.717, 1.165) is 17.5 Å². The number of hydrogen-bond acceptors (Lipinski definition) is 6. The lowest BCUT2D eigenvalue weighted by molar-refractivity contribution is 0.102. The number of carbonyl (C=O) groups is 1. The zero-order chi connectivity index (χ0) is 21.0. The average molecular weight is 434 g/mol. The highest BCUT2D eigenvalue weighted by atomic mass is 32.2. The van der Waals surface area contributed by atoms with Crippen molar-refractivity contribution in [2.24, 2.45) is 0 Å². The van der Waals surface area contributed by atoms with Gasteiger partial charge in [0, 0.05) is 19.2 Å². The smallest absolute Gasteiger partial charge is 0.257 e. The predicted molar refractivity (Wildman–Crippen MR) is 115 cm³/mol. The number of hydrogen-bond donors (Lipinski definition) is 1. The van der Waals surface area contributed by atoms with Crippen LogP contribution in [0.25, 0.3) is 10.2 Å². The lowest BCUT2D eigenvalue weighted by atomic mass is 10.2. The first kappa shape index (κ1) is 21.2. The molecule has 0 radical (unpaired) electrons. The fourth-order valence-electron chi connectivity index (χ4n) is 2.77. The van der Waals surface area contributed by atoms with Crippen molar-refractivity contribution >= 4 is 42.6 Å². The minimum absolute atomic E-state index is 0.164. The highest BCUT2D eigenvalue weighted by Gasteiger charge is 2.20. The number of nitrogens with zero attached hydrogens (tertiary/aromatic N) is 2. The molecule has 0 aliphatic rings. The summed E-state index contributed by atoms with van der Waals surface area (Å²) in [6, 6.07) is 11.5. The van der Waals surface area contributed by atoms with Gasteiger partial charge in [0.25, 0.3) is 5.91 Å². The van der Waals surface area contributed by atoms with Gasteiger partial charge in [-0.15, -0.1) is 0 Å². The van der Waals surface area contributed by atoms with Gasteiger partial charge in [-0.3, -0.25) is 10.1 Å². The van der Waals surface area contributed by atoms with Crippen molar-refractivity contribution in [1.29, 1.82) is 0 Å². The number of rotatable bonds is 8. The van der Waals surface area contributed by atoms with Crippen molar-refractivity contribution in [1.82, 2.24) is 9.29 Å². The Morgan fingerprint density at radius 1 is 1.21 bits per heavy atom. The number of fused-ring (bicyclic) bond motifs is 1. The van der Waals surface area contributed by atoms with Gasteiger partial charge >= 0.3 is 0 Å². The van der Waals surface area contributed by atoms with Crippen LogP contribution in [0.2, 0.25) is 0 Å². The number of methoxy groups -OCH3 is 1. The van der Waals surface area contributed by atoms with Crippen LogP contribution in [0.3, 0.4) is 0 Å². The maximum atomic E-state index is 12.6. The minimum atomic E-state index is -3.56. The summed E-state index contributed by atoms with van der Waals surface area (Å²) in [4.78, 5) is 17.1. The molecule has 0 fully saturated rings. The monoisotopic (exact) mass is 433 g/mol. The van der Waals surface area contributed by atoms with Crippen LogP contribution in [-0.4, -0.2) is 44.3 Å². The fourth-order valence-corrected chi connectivity index (χ4v) is 4.86. The first-order chi connectivity index (χ1) is 13.9. The number of nitrogens with one attached hydrogen (secondary N) is 1. The Hall–Kier alpha value is -2.49. The van der Waals surface area contributed by atoms with Crippen LogP contribution in [0.1, 0.15) is 30.1 Å². The van der Waals surface area contributed by atoms with Gasteiger partial charge in [-0.05, 0) is 42.8 Å². The number of ether oxygens (including phenoxy) is 1. The van der Waals surface area contributed by atoms with Crippen LogP contribution in [-0.2, 0) is 10.0 Å². The molecule has 0 spiro atoms. The molecule has 1 amide bonds. The maximum absolute atomic E-state index is 12.6. The molecule has 1 heterocycles. The summed E-state index contributed by atoms with van der Waals surface area (Å²) in [5.41, 5.74) is 1.04. The van der Waals surface area contributed by atoms with Gasteiger partial charge in [-0.1, -0.05) is 30.7 Å². The van der Waals surface area contributed by atoms with Gasteiger partial charge in [0.15, 0.2) is 5.13 Å². The molecule has 2 aromatic carbocycles. The van der Waals surface area contributed by atoms with E-state index in [0.29, 0.717) is 28.5 Å². The molecule has 0 aliphatic heterocycles. The molecule has 0 saturated heterocycles. The molecule has 0 atom stereocenters. The summed E-state index contributed by atoms with van der Waals surface area (Å²) >= 11 is 1.34. The zero-order valence-electron chi connectivity index (χ0n) is 16.5. The summed E-state index contributed by atoms with van der Waals surface area (Å²) in [5, 5.41) is 3.21. The molecule has 0 saturated carbocycles. The molecule has 3 rings (SSSR count). The Morgan fingerprint density at radius 3 is 2.59 bits per heavy atom. The number of benzene rings is 2. The van der Waals surface area contributed by atoms with Crippen LogP contribution in [0.15, 0.2) is 47.4 Å². The van der Waals surface area contributed by atoms with E-state index < -0.39 is 10.0 Å². The normalized spacial score (nSPS) is 11.7.